The van der Waals surface area contributed by atoms with E-state index < -0.39 is 97.5 Å². The number of carbonyl (C=O) groups excluding carboxylic acids is 4. The van der Waals surface area contributed by atoms with E-state index in [2.05, 4.69) is 41.5 Å². The number of hydrogen-bond acceptors (Lipinski definition) is 15. The van der Waals surface area contributed by atoms with Crippen molar-refractivity contribution in [3.8, 4) is 0 Å². The summed E-state index contributed by atoms with van der Waals surface area (Å²) in [5.41, 5.74) is 0. The summed E-state index contributed by atoms with van der Waals surface area (Å²) in [4.78, 5) is 72.7. The van der Waals surface area contributed by atoms with Crippen LogP contribution < -0.4 is 0 Å². The van der Waals surface area contributed by atoms with E-state index in [4.69, 9.17) is 37.0 Å². The third-order valence-electron chi connectivity index (χ3n) is 17.2. The van der Waals surface area contributed by atoms with Crippen LogP contribution >= 0.6 is 15.6 Å². The van der Waals surface area contributed by atoms with Gasteiger partial charge in [0.1, 0.15) is 19.3 Å². The van der Waals surface area contributed by atoms with Gasteiger partial charge in [-0.3, -0.25) is 37.3 Å². The van der Waals surface area contributed by atoms with E-state index in [9.17, 15) is 43.2 Å². The fourth-order valence-corrected chi connectivity index (χ4v) is 12.9. The Bertz CT molecular complexity index is 1800. The number of ether oxygens (including phenoxy) is 4. The molecule has 0 fully saturated rings. The van der Waals surface area contributed by atoms with E-state index in [1.165, 1.54) is 199 Å². The second-order valence-electron chi connectivity index (χ2n) is 27.6. The molecule has 0 amide bonds. The van der Waals surface area contributed by atoms with Crippen LogP contribution in [0.15, 0.2) is 0 Å². The maximum Gasteiger partial charge on any atom is 0.472 e. The number of phosphoric acid groups is 2. The maximum absolute atomic E-state index is 13.1. The van der Waals surface area contributed by atoms with E-state index in [-0.39, 0.29) is 25.7 Å². The summed E-state index contributed by atoms with van der Waals surface area (Å²) >= 11 is 0. The fraction of sp³-hybridized carbons (Fsp3) is 0.946. The van der Waals surface area contributed by atoms with Gasteiger partial charge in [0, 0.05) is 25.7 Å². The van der Waals surface area contributed by atoms with Gasteiger partial charge in [-0.25, -0.2) is 9.13 Å². The van der Waals surface area contributed by atoms with Crippen LogP contribution in [0.25, 0.3) is 0 Å². The maximum atomic E-state index is 13.1. The van der Waals surface area contributed by atoms with Crippen molar-refractivity contribution in [2.24, 2.45) is 11.8 Å². The van der Waals surface area contributed by atoms with Crippen LogP contribution in [0.3, 0.4) is 0 Å². The number of phosphoric ester groups is 2. The Labute approximate surface area is 568 Å². The van der Waals surface area contributed by atoms with Gasteiger partial charge >= 0.3 is 39.5 Å². The van der Waals surface area contributed by atoms with Crippen LogP contribution in [0.2, 0.25) is 0 Å². The van der Waals surface area contributed by atoms with Crippen LogP contribution in [0, 0.1) is 11.8 Å². The molecule has 0 aliphatic carbocycles. The predicted molar refractivity (Wildman–Crippen MR) is 377 cm³/mol. The summed E-state index contributed by atoms with van der Waals surface area (Å²) in [6.45, 7) is 9.56. The fourth-order valence-electron chi connectivity index (χ4n) is 11.3. The van der Waals surface area contributed by atoms with Gasteiger partial charge < -0.3 is 33.8 Å². The van der Waals surface area contributed by atoms with Gasteiger partial charge in [0.2, 0.25) is 0 Å². The lowest BCUT2D eigenvalue weighted by Crippen LogP contribution is -2.30. The molecule has 0 aromatic rings. The highest BCUT2D eigenvalue weighted by Gasteiger charge is 2.30. The van der Waals surface area contributed by atoms with E-state index in [0.717, 1.165) is 102 Å². The SMILES string of the molecule is CCCCCCCCCCCCCCCCCCCC(=O)O[C@H](COC(=O)CCCCCCCCCCCCC(C)C)COP(=O)(O)OC[C@@H](O)COP(=O)(O)OC[C@@H](COC(=O)CCCCCCCCCCCC)OC(=O)CCCCCCCCCCCCC(C)C. The number of unbranched alkanes of at least 4 members (excludes halogenated alkanes) is 43. The lowest BCUT2D eigenvalue weighted by Gasteiger charge is -2.21. The average Bonchev–Trinajstić information content (AvgIpc) is 2.51. The van der Waals surface area contributed by atoms with Gasteiger partial charge in [0.05, 0.1) is 26.4 Å². The quantitative estimate of drug-likeness (QED) is 0.0222. The largest absolute Gasteiger partial charge is 0.472 e. The van der Waals surface area contributed by atoms with Gasteiger partial charge in [0.15, 0.2) is 12.2 Å². The highest BCUT2D eigenvalue weighted by molar-refractivity contribution is 7.47. The molecule has 0 saturated heterocycles. The molecule has 0 aliphatic heterocycles. The number of rotatable bonds is 73. The lowest BCUT2D eigenvalue weighted by atomic mass is 10.0. The predicted octanol–water partition coefficient (Wildman–Crippen LogP) is 21.6. The molecule has 0 bridgehead atoms. The summed E-state index contributed by atoms with van der Waals surface area (Å²) in [5, 5.41) is 10.6. The molecule has 3 N–H and O–H groups in total. The summed E-state index contributed by atoms with van der Waals surface area (Å²) in [5.74, 6) is -0.607. The molecule has 19 heteroatoms. The summed E-state index contributed by atoms with van der Waals surface area (Å²) in [6, 6.07) is 0. The summed E-state index contributed by atoms with van der Waals surface area (Å²) in [7, 11) is -9.91. The Kier molecular flexibility index (Phi) is 64.6. The van der Waals surface area contributed by atoms with Crippen LogP contribution in [0.5, 0.6) is 0 Å². The first-order valence-electron chi connectivity index (χ1n) is 38.5. The lowest BCUT2D eigenvalue weighted by molar-refractivity contribution is -0.161. The van der Waals surface area contributed by atoms with E-state index in [1.807, 2.05) is 0 Å². The second kappa shape index (κ2) is 66.0. The van der Waals surface area contributed by atoms with E-state index in [0.29, 0.717) is 25.7 Å². The zero-order chi connectivity index (χ0) is 68.6. The molecule has 0 aromatic carbocycles. The molecule has 0 spiro atoms. The number of carbonyl (C=O) groups is 4. The van der Waals surface area contributed by atoms with Gasteiger partial charge in [-0.2, -0.15) is 0 Å². The van der Waals surface area contributed by atoms with Crippen molar-refractivity contribution in [1.82, 2.24) is 0 Å². The first-order valence-corrected chi connectivity index (χ1v) is 41.5. The van der Waals surface area contributed by atoms with Crippen molar-refractivity contribution >= 4 is 39.5 Å². The van der Waals surface area contributed by atoms with Gasteiger partial charge in [-0.1, -0.05) is 330 Å². The topological polar surface area (TPSA) is 237 Å². The third kappa shape index (κ3) is 68.4. The molecule has 0 rings (SSSR count). The molecule has 0 aliphatic rings. The zero-order valence-corrected chi connectivity index (χ0v) is 62.3. The second-order valence-corrected chi connectivity index (χ2v) is 30.5. The Morgan fingerprint density at radius 2 is 0.495 bits per heavy atom. The highest BCUT2D eigenvalue weighted by Crippen LogP contribution is 2.45. The monoisotopic (exact) mass is 1370 g/mol. The summed E-state index contributed by atoms with van der Waals surface area (Å²) < 4.78 is 68.4. The molecule has 0 aromatic heterocycles. The number of hydrogen-bond donors (Lipinski definition) is 3. The Morgan fingerprint density at radius 3 is 0.731 bits per heavy atom. The third-order valence-corrected chi connectivity index (χ3v) is 19.1. The molecule has 2 unspecified atom stereocenters. The number of aliphatic hydroxyl groups excluding tert-OH is 1. The molecule has 552 valence electrons. The van der Waals surface area contributed by atoms with Crippen molar-refractivity contribution in [3.63, 3.8) is 0 Å². The average molecular weight is 1370 g/mol. The molecule has 0 heterocycles. The number of esters is 4. The van der Waals surface area contributed by atoms with Crippen molar-refractivity contribution in [2.45, 2.75) is 400 Å². The Morgan fingerprint density at radius 1 is 0.290 bits per heavy atom. The van der Waals surface area contributed by atoms with Crippen molar-refractivity contribution in [2.75, 3.05) is 39.6 Å². The first-order chi connectivity index (χ1) is 44.9. The molecule has 93 heavy (non-hydrogen) atoms. The number of aliphatic hydroxyl groups is 1. The zero-order valence-electron chi connectivity index (χ0n) is 60.6. The first kappa shape index (κ1) is 91.1. The van der Waals surface area contributed by atoms with Crippen LogP contribution in [-0.4, -0.2) is 96.7 Å². The summed E-state index contributed by atoms with van der Waals surface area (Å²) in [6.07, 6.45) is 52.6. The van der Waals surface area contributed by atoms with Gasteiger partial charge in [0.25, 0.3) is 0 Å². The molecule has 0 saturated carbocycles. The van der Waals surface area contributed by atoms with Gasteiger partial charge in [-0.05, 0) is 37.5 Å². The standard InChI is InChI=1S/C74H144O17P2/c1-7-9-11-13-15-17-19-20-21-22-23-24-25-34-40-46-52-58-73(78)90-70(63-85-72(77)57-51-45-39-33-28-26-30-36-42-48-54-66(3)4)65-89-93(82,83)87-61-68(75)60-86-92(80,81)88-64-69(62-84-71(76)56-50-44-38-32-18-16-14-12-10-8-2)91-74(79)59-53-47-41-35-29-27-31-37-43-49-55-67(5)6/h66-70,75H,7-65H2,1-6H3,(H,80,81)(H,82,83)/t68-,69+,70+/m0/s1. The molecular weight excluding hydrogens is 1220 g/mol. The van der Waals surface area contributed by atoms with Crippen LogP contribution in [-0.2, 0) is 65.4 Å². The van der Waals surface area contributed by atoms with Crippen molar-refractivity contribution in [1.29, 1.82) is 0 Å². The minimum Gasteiger partial charge on any atom is -0.462 e. The van der Waals surface area contributed by atoms with Crippen LogP contribution in [0.1, 0.15) is 382 Å². The van der Waals surface area contributed by atoms with Crippen LogP contribution in [0.4, 0.5) is 0 Å². The normalized spacial score (nSPS) is 14.1. The molecular formula is C74H144O17P2. The minimum atomic E-state index is -4.95. The Balaban J connectivity index is 5.24. The van der Waals surface area contributed by atoms with Crippen molar-refractivity contribution < 1.29 is 80.2 Å². The highest BCUT2D eigenvalue weighted by atomic mass is 31.2. The molecule has 0 radical (unpaired) electrons. The van der Waals surface area contributed by atoms with Crippen molar-refractivity contribution in [3.05, 3.63) is 0 Å². The molecule has 5 atom stereocenters. The molecule has 17 nitrogen and oxygen atoms in total. The van der Waals surface area contributed by atoms with Gasteiger partial charge in [-0.15, -0.1) is 0 Å². The minimum absolute atomic E-state index is 0.106. The van der Waals surface area contributed by atoms with E-state index in [1.54, 1.807) is 0 Å². The smallest absolute Gasteiger partial charge is 0.462 e. The van der Waals surface area contributed by atoms with E-state index >= 15 is 0 Å². The Hall–Kier alpha value is -1.94.